The number of aryl methyl sites for hydroxylation is 1. The van der Waals surface area contributed by atoms with Crippen LogP contribution in [0.1, 0.15) is 11.1 Å². The predicted octanol–water partition coefficient (Wildman–Crippen LogP) is 7.86. The summed E-state index contributed by atoms with van der Waals surface area (Å²) in [5.74, 6) is 0. The van der Waals surface area contributed by atoms with Gasteiger partial charge in [-0.1, -0.05) is 92.4 Å². The second-order valence-electron chi connectivity index (χ2n) is 6.86. The van der Waals surface area contributed by atoms with Crippen LogP contribution in [0.25, 0.3) is 11.3 Å². The number of halogens is 3. The van der Waals surface area contributed by atoms with Gasteiger partial charge in [0.15, 0.2) is 0 Å². The Kier molecular flexibility index (Phi) is 7.58. The van der Waals surface area contributed by atoms with E-state index in [1.165, 1.54) is 0 Å². The SMILES string of the molecule is Cn1nc(-c2ccccc2)c(/C=N\OCc2ccc(Cl)cc2Cl)c1Sc1ccc(Br)cc1. The fourth-order valence-corrected chi connectivity index (χ4v) is 4.68. The highest BCUT2D eigenvalue weighted by atomic mass is 79.9. The molecule has 32 heavy (non-hydrogen) atoms. The molecule has 1 heterocycles. The molecule has 0 saturated carbocycles. The number of aromatic nitrogens is 2. The highest BCUT2D eigenvalue weighted by Crippen LogP contribution is 2.35. The second kappa shape index (κ2) is 10.6. The van der Waals surface area contributed by atoms with Gasteiger partial charge in [-0.15, -0.1) is 0 Å². The van der Waals surface area contributed by atoms with Gasteiger partial charge >= 0.3 is 0 Å². The summed E-state index contributed by atoms with van der Waals surface area (Å²) >= 11 is 17.3. The Morgan fingerprint density at radius 2 is 1.81 bits per heavy atom. The number of oxime groups is 1. The molecule has 4 rings (SSSR count). The van der Waals surface area contributed by atoms with Crippen molar-refractivity contribution >= 4 is 57.1 Å². The van der Waals surface area contributed by atoms with Crippen LogP contribution in [0.15, 0.2) is 92.3 Å². The van der Waals surface area contributed by atoms with E-state index in [2.05, 4.69) is 33.2 Å². The van der Waals surface area contributed by atoms with Crippen molar-refractivity contribution in [1.29, 1.82) is 0 Å². The molecular formula is C24H18BrCl2N3OS. The summed E-state index contributed by atoms with van der Waals surface area (Å²) in [7, 11) is 1.93. The molecule has 162 valence electrons. The third-order valence-electron chi connectivity index (χ3n) is 4.60. The van der Waals surface area contributed by atoms with E-state index in [0.717, 1.165) is 36.8 Å². The maximum absolute atomic E-state index is 6.22. The summed E-state index contributed by atoms with van der Waals surface area (Å²) in [5, 5.41) is 11.1. The van der Waals surface area contributed by atoms with Crippen LogP contribution in [0, 0.1) is 0 Å². The number of nitrogens with zero attached hydrogens (tertiary/aromatic N) is 3. The van der Waals surface area contributed by atoms with Gasteiger partial charge in [0.1, 0.15) is 17.3 Å². The average molecular weight is 547 g/mol. The monoisotopic (exact) mass is 545 g/mol. The standard InChI is InChI=1S/C24H18BrCl2N3OS/c1-30-24(32-20-11-8-18(25)9-12-20)21(23(29-30)16-5-3-2-4-6-16)14-28-31-15-17-7-10-19(26)13-22(17)27/h2-14H,15H2,1H3/b28-14-. The molecule has 0 fully saturated rings. The first kappa shape index (κ1) is 22.9. The smallest absolute Gasteiger partial charge is 0.143 e. The van der Waals surface area contributed by atoms with Gasteiger partial charge in [-0.05, 0) is 36.4 Å². The van der Waals surface area contributed by atoms with Crippen LogP contribution in [0.4, 0.5) is 0 Å². The van der Waals surface area contributed by atoms with Crippen LogP contribution >= 0.6 is 50.9 Å². The van der Waals surface area contributed by atoms with Crippen molar-refractivity contribution in [2.24, 2.45) is 12.2 Å². The lowest BCUT2D eigenvalue weighted by atomic mass is 10.1. The molecule has 0 unspecified atom stereocenters. The summed E-state index contributed by atoms with van der Waals surface area (Å²) in [4.78, 5) is 6.65. The Morgan fingerprint density at radius 3 is 2.53 bits per heavy atom. The van der Waals surface area contributed by atoms with E-state index < -0.39 is 0 Å². The summed E-state index contributed by atoms with van der Waals surface area (Å²) in [6.45, 7) is 0.239. The van der Waals surface area contributed by atoms with Gasteiger partial charge in [0, 0.05) is 37.6 Å². The first-order valence-electron chi connectivity index (χ1n) is 9.66. The number of rotatable bonds is 7. The first-order chi connectivity index (χ1) is 15.5. The minimum absolute atomic E-state index is 0.239. The molecule has 0 aliphatic heterocycles. The Bertz CT molecular complexity index is 1240. The van der Waals surface area contributed by atoms with Crippen molar-refractivity contribution < 1.29 is 4.84 Å². The number of benzene rings is 3. The van der Waals surface area contributed by atoms with Crippen LogP contribution in [-0.4, -0.2) is 16.0 Å². The highest BCUT2D eigenvalue weighted by molar-refractivity contribution is 9.10. The maximum atomic E-state index is 6.22. The van der Waals surface area contributed by atoms with E-state index in [1.54, 1.807) is 30.1 Å². The molecular weight excluding hydrogens is 529 g/mol. The zero-order valence-corrected chi connectivity index (χ0v) is 20.9. The largest absolute Gasteiger partial charge is 0.391 e. The quantitative estimate of drug-likeness (QED) is 0.175. The van der Waals surface area contributed by atoms with E-state index in [1.807, 2.05) is 60.3 Å². The summed E-state index contributed by atoms with van der Waals surface area (Å²) in [5.41, 5.74) is 3.54. The molecule has 0 aliphatic rings. The van der Waals surface area contributed by atoms with Gasteiger partial charge in [0.05, 0.1) is 11.8 Å². The van der Waals surface area contributed by atoms with Gasteiger partial charge in [0.25, 0.3) is 0 Å². The maximum Gasteiger partial charge on any atom is 0.143 e. The molecule has 3 aromatic carbocycles. The Balaban J connectivity index is 1.63. The van der Waals surface area contributed by atoms with E-state index in [4.69, 9.17) is 33.1 Å². The Morgan fingerprint density at radius 1 is 1.06 bits per heavy atom. The molecule has 0 aliphatic carbocycles. The van der Waals surface area contributed by atoms with Crippen molar-refractivity contribution in [1.82, 2.24) is 9.78 Å². The third kappa shape index (κ3) is 5.56. The summed E-state index contributed by atoms with van der Waals surface area (Å²) in [6, 6.07) is 23.5. The molecule has 4 aromatic rings. The van der Waals surface area contributed by atoms with E-state index in [0.29, 0.717) is 10.0 Å². The minimum atomic E-state index is 0.239. The van der Waals surface area contributed by atoms with Gasteiger partial charge in [-0.2, -0.15) is 5.10 Å². The molecule has 0 spiro atoms. The van der Waals surface area contributed by atoms with Gasteiger partial charge in [-0.25, -0.2) is 0 Å². The van der Waals surface area contributed by atoms with Crippen LogP contribution in [-0.2, 0) is 18.5 Å². The zero-order chi connectivity index (χ0) is 22.5. The molecule has 0 N–H and O–H groups in total. The molecule has 0 radical (unpaired) electrons. The van der Waals surface area contributed by atoms with Gasteiger partial charge < -0.3 is 4.84 Å². The predicted molar refractivity (Wildman–Crippen MR) is 136 cm³/mol. The molecule has 0 atom stereocenters. The lowest BCUT2D eigenvalue weighted by Crippen LogP contribution is -1.94. The Labute approximate surface area is 209 Å². The van der Waals surface area contributed by atoms with Crippen LogP contribution in [0.5, 0.6) is 0 Å². The lowest BCUT2D eigenvalue weighted by molar-refractivity contribution is 0.132. The van der Waals surface area contributed by atoms with Crippen LogP contribution in [0.2, 0.25) is 10.0 Å². The Hall–Kier alpha value is -2.25. The zero-order valence-electron chi connectivity index (χ0n) is 17.0. The van der Waals surface area contributed by atoms with E-state index in [9.17, 15) is 0 Å². The highest BCUT2D eigenvalue weighted by Gasteiger charge is 2.17. The third-order valence-corrected chi connectivity index (χ3v) is 6.90. The molecule has 0 saturated heterocycles. The van der Waals surface area contributed by atoms with Crippen molar-refractivity contribution in [2.45, 2.75) is 16.5 Å². The molecule has 0 bridgehead atoms. The second-order valence-corrected chi connectivity index (χ2v) is 9.68. The fourth-order valence-electron chi connectivity index (χ4n) is 3.02. The number of hydrogen-bond acceptors (Lipinski definition) is 4. The number of hydrogen-bond donors (Lipinski definition) is 0. The van der Waals surface area contributed by atoms with Gasteiger partial charge in [0.2, 0.25) is 0 Å². The van der Waals surface area contributed by atoms with Crippen molar-refractivity contribution in [3.63, 3.8) is 0 Å². The van der Waals surface area contributed by atoms with Crippen LogP contribution in [0.3, 0.4) is 0 Å². The lowest BCUT2D eigenvalue weighted by Gasteiger charge is -2.05. The normalized spacial score (nSPS) is 11.2. The van der Waals surface area contributed by atoms with E-state index >= 15 is 0 Å². The fraction of sp³-hybridized carbons (Fsp3) is 0.0833. The topological polar surface area (TPSA) is 39.4 Å². The van der Waals surface area contributed by atoms with Gasteiger partial charge in [-0.3, -0.25) is 4.68 Å². The first-order valence-corrected chi connectivity index (χ1v) is 12.0. The summed E-state index contributed by atoms with van der Waals surface area (Å²) in [6.07, 6.45) is 1.71. The van der Waals surface area contributed by atoms with E-state index in [-0.39, 0.29) is 6.61 Å². The molecule has 1 aromatic heterocycles. The molecule has 4 nitrogen and oxygen atoms in total. The average Bonchev–Trinajstić information content (AvgIpc) is 3.10. The van der Waals surface area contributed by atoms with Crippen LogP contribution < -0.4 is 0 Å². The molecule has 0 amide bonds. The van der Waals surface area contributed by atoms with Crippen molar-refractivity contribution in [3.8, 4) is 11.3 Å². The van der Waals surface area contributed by atoms with Crippen molar-refractivity contribution in [3.05, 3.63) is 98.4 Å². The minimum Gasteiger partial charge on any atom is -0.391 e. The summed E-state index contributed by atoms with van der Waals surface area (Å²) < 4.78 is 2.90. The van der Waals surface area contributed by atoms with Crippen molar-refractivity contribution in [2.75, 3.05) is 0 Å². The molecule has 8 heteroatoms.